The molecule has 2 aliphatic heterocycles. The molecule has 0 radical (unpaired) electrons. The van der Waals surface area contributed by atoms with Gasteiger partial charge >= 0.3 is 6.01 Å². The third kappa shape index (κ3) is 4.34. The first-order chi connectivity index (χ1) is 20.3. The van der Waals surface area contributed by atoms with Gasteiger partial charge in [-0.05, 0) is 62.2 Å². The topological polar surface area (TPSA) is 97.4 Å². The van der Waals surface area contributed by atoms with Crippen LogP contribution in [-0.2, 0) is 0 Å². The quantitative estimate of drug-likeness (QED) is 0.310. The first-order valence-electron chi connectivity index (χ1n) is 14.3. The van der Waals surface area contributed by atoms with Gasteiger partial charge in [-0.15, -0.1) is 6.42 Å². The van der Waals surface area contributed by atoms with E-state index in [0.717, 1.165) is 32.2 Å². The largest absolute Gasteiger partial charge is 0.508 e. The van der Waals surface area contributed by atoms with Crippen LogP contribution in [0.3, 0.4) is 0 Å². The maximum Gasteiger partial charge on any atom is 0.317 e. The van der Waals surface area contributed by atoms with Crippen LogP contribution in [0.2, 0.25) is 0 Å². The lowest BCUT2D eigenvalue weighted by molar-refractivity contribution is 0.107. The zero-order valence-electron chi connectivity index (χ0n) is 22.9. The predicted molar refractivity (Wildman–Crippen MR) is 153 cm³/mol. The van der Waals surface area contributed by atoms with Crippen molar-refractivity contribution in [2.24, 2.45) is 5.73 Å². The summed E-state index contributed by atoms with van der Waals surface area (Å²) < 4.78 is 51.8. The monoisotopic (exact) mass is 573 g/mol. The molecule has 3 aliphatic rings. The Labute approximate surface area is 240 Å². The molecule has 0 amide bonds. The normalized spacial score (nSPS) is 25.7. The molecular formula is C32H30F3N5O2. The molecule has 42 heavy (non-hydrogen) atoms. The SMILES string of the molecule is C#Cc1c(F)ccc2cc(O)cc(-c3ncc4c(C5CCC(N)C5)nc(OC[C@@]56CCCN5C[C@H](F)C6)nc4c3F)c12. The number of hydrogen-bond donors (Lipinski definition) is 2. The summed E-state index contributed by atoms with van der Waals surface area (Å²) in [5.74, 6) is 0.758. The second-order valence-corrected chi connectivity index (χ2v) is 11.9. The number of ether oxygens (including phenoxy) is 1. The Balaban J connectivity index is 1.38. The molecule has 2 saturated heterocycles. The zero-order valence-corrected chi connectivity index (χ0v) is 22.9. The highest BCUT2D eigenvalue weighted by atomic mass is 19.1. The number of rotatable bonds is 5. The van der Waals surface area contributed by atoms with Gasteiger partial charge in [0.25, 0.3) is 0 Å². The van der Waals surface area contributed by atoms with Crippen molar-refractivity contribution in [1.82, 2.24) is 19.9 Å². The van der Waals surface area contributed by atoms with Gasteiger partial charge in [-0.25, -0.2) is 13.2 Å². The lowest BCUT2D eigenvalue weighted by Crippen LogP contribution is -2.43. The molecule has 2 unspecified atom stereocenters. The number of aromatic hydroxyl groups is 1. The number of nitrogens with zero attached hydrogens (tertiary/aromatic N) is 4. The first kappa shape index (κ1) is 26.9. The molecule has 216 valence electrons. The van der Waals surface area contributed by atoms with Gasteiger partial charge in [0.15, 0.2) is 5.82 Å². The van der Waals surface area contributed by atoms with Crippen molar-refractivity contribution < 1.29 is 23.0 Å². The van der Waals surface area contributed by atoms with E-state index in [0.29, 0.717) is 35.9 Å². The summed E-state index contributed by atoms with van der Waals surface area (Å²) in [5, 5.41) is 11.6. The Bertz CT molecular complexity index is 1780. The van der Waals surface area contributed by atoms with Crippen LogP contribution in [-0.4, -0.2) is 62.4 Å². The Kier molecular flexibility index (Phi) is 6.48. The Morgan fingerprint density at radius 2 is 2.07 bits per heavy atom. The molecule has 0 spiro atoms. The van der Waals surface area contributed by atoms with E-state index in [1.54, 1.807) is 0 Å². The van der Waals surface area contributed by atoms with E-state index in [4.69, 9.17) is 21.9 Å². The van der Waals surface area contributed by atoms with Crippen LogP contribution in [0.5, 0.6) is 11.8 Å². The van der Waals surface area contributed by atoms with Crippen molar-refractivity contribution in [2.75, 3.05) is 19.7 Å². The van der Waals surface area contributed by atoms with Gasteiger partial charge in [0.05, 0.1) is 16.8 Å². The highest BCUT2D eigenvalue weighted by Crippen LogP contribution is 2.42. The molecule has 4 aromatic rings. The predicted octanol–water partition coefficient (Wildman–Crippen LogP) is 5.36. The molecule has 0 bridgehead atoms. The number of benzene rings is 2. The molecule has 7 rings (SSSR count). The third-order valence-corrected chi connectivity index (χ3v) is 9.24. The van der Waals surface area contributed by atoms with E-state index in [1.807, 2.05) is 0 Å². The summed E-state index contributed by atoms with van der Waals surface area (Å²) in [7, 11) is 0. The molecule has 3 N–H and O–H groups in total. The second-order valence-electron chi connectivity index (χ2n) is 11.9. The number of alkyl halides is 1. The van der Waals surface area contributed by atoms with E-state index in [2.05, 4.69) is 20.8 Å². The fourth-order valence-corrected chi connectivity index (χ4v) is 7.29. The van der Waals surface area contributed by atoms with Crippen LogP contribution in [0.25, 0.3) is 32.9 Å². The van der Waals surface area contributed by atoms with Gasteiger partial charge in [-0.1, -0.05) is 12.0 Å². The number of nitrogens with two attached hydrogens (primary N) is 1. The molecule has 4 heterocycles. The standard InChI is InChI=1S/C32H30F3N5O2/c1-2-22-25(34)7-5-17-11-21(41)12-23(26(17)22)29-27(35)30-24(14-37-29)28(18-4-6-20(36)10-18)38-31(39-30)42-16-32-8-3-9-40(32)15-19(33)13-32/h1,5,7,11-12,14,18-20,41H,3-4,6,8-10,13,15-16,36H2/t18?,19-,20?,32+/m1/s1. The van der Waals surface area contributed by atoms with E-state index < -0.39 is 23.3 Å². The number of phenolic OH excluding ortho intramolecular Hbond substituents is 1. The van der Waals surface area contributed by atoms with E-state index in [1.165, 1.54) is 30.5 Å². The van der Waals surface area contributed by atoms with Gasteiger partial charge < -0.3 is 15.6 Å². The van der Waals surface area contributed by atoms with Crippen molar-refractivity contribution >= 4 is 21.7 Å². The minimum atomic E-state index is -0.914. The molecule has 1 aliphatic carbocycles. The Morgan fingerprint density at radius 1 is 1.21 bits per heavy atom. The summed E-state index contributed by atoms with van der Waals surface area (Å²) in [6.07, 6.45) is 10.6. The average Bonchev–Trinajstić information content (AvgIpc) is 3.65. The molecular weight excluding hydrogens is 543 g/mol. The maximum absolute atomic E-state index is 16.6. The summed E-state index contributed by atoms with van der Waals surface area (Å²) in [6, 6.07) is 5.44. The fraction of sp³-hybridized carbons (Fsp3) is 0.406. The van der Waals surface area contributed by atoms with Crippen molar-refractivity contribution in [3.8, 4) is 35.4 Å². The molecule has 2 aromatic carbocycles. The number of phenols is 1. The first-order valence-corrected chi connectivity index (χ1v) is 14.3. The van der Waals surface area contributed by atoms with Gasteiger partial charge in [0.2, 0.25) is 0 Å². The Hall–Kier alpha value is -3.94. The van der Waals surface area contributed by atoms with Gasteiger partial charge in [0.1, 0.15) is 35.6 Å². The summed E-state index contributed by atoms with van der Waals surface area (Å²) in [4.78, 5) is 15.8. The van der Waals surface area contributed by atoms with Crippen LogP contribution in [0.4, 0.5) is 13.2 Å². The second kappa shape index (κ2) is 10.1. The smallest absolute Gasteiger partial charge is 0.317 e. The van der Waals surface area contributed by atoms with Crippen LogP contribution in [0.15, 0.2) is 30.5 Å². The van der Waals surface area contributed by atoms with Crippen molar-refractivity contribution in [2.45, 2.75) is 62.2 Å². The van der Waals surface area contributed by atoms with E-state index in [9.17, 15) is 13.9 Å². The average molecular weight is 574 g/mol. The number of halogens is 3. The van der Waals surface area contributed by atoms with Crippen LogP contribution < -0.4 is 10.5 Å². The number of terminal acetylenes is 1. The van der Waals surface area contributed by atoms with Gasteiger partial charge in [-0.3, -0.25) is 9.88 Å². The molecule has 7 nitrogen and oxygen atoms in total. The minimum Gasteiger partial charge on any atom is -0.508 e. The third-order valence-electron chi connectivity index (χ3n) is 9.24. The molecule has 4 atom stereocenters. The van der Waals surface area contributed by atoms with Crippen molar-refractivity contribution in [3.63, 3.8) is 0 Å². The number of pyridine rings is 1. The minimum absolute atomic E-state index is 0.00288. The zero-order chi connectivity index (χ0) is 29.2. The van der Waals surface area contributed by atoms with Crippen LogP contribution >= 0.6 is 0 Å². The summed E-state index contributed by atoms with van der Waals surface area (Å²) in [5.41, 5.74) is 6.34. The highest BCUT2D eigenvalue weighted by Gasteiger charge is 2.49. The van der Waals surface area contributed by atoms with Gasteiger partial charge in [-0.2, -0.15) is 9.97 Å². The lowest BCUT2D eigenvalue weighted by atomic mass is 9.95. The Morgan fingerprint density at radius 3 is 2.86 bits per heavy atom. The number of aromatic nitrogens is 3. The van der Waals surface area contributed by atoms with Crippen molar-refractivity contribution in [3.05, 3.63) is 53.4 Å². The van der Waals surface area contributed by atoms with E-state index in [-0.39, 0.29) is 58.1 Å². The summed E-state index contributed by atoms with van der Waals surface area (Å²) in [6.45, 7) is 1.40. The molecule has 1 saturated carbocycles. The maximum atomic E-state index is 16.6. The fourth-order valence-electron chi connectivity index (χ4n) is 7.29. The van der Waals surface area contributed by atoms with Crippen LogP contribution in [0, 0.1) is 24.0 Å². The molecule has 3 fully saturated rings. The van der Waals surface area contributed by atoms with E-state index >= 15 is 4.39 Å². The molecule has 2 aromatic heterocycles. The number of fused-ring (bicyclic) bond motifs is 3. The highest BCUT2D eigenvalue weighted by molar-refractivity contribution is 6.02. The van der Waals surface area contributed by atoms with Crippen LogP contribution in [0.1, 0.15) is 55.7 Å². The summed E-state index contributed by atoms with van der Waals surface area (Å²) >= 11 is 0. The number of hydrogen-bond acceptors (Lipinski definition) is 7. The van der Waals surface area contributed by atoms with Crippen molar-refractivity contribution in [1.29, 1.82) is 0 Å². The van der Waals surface area contributed by atoms with Gasteiger partial charge in [0, 0.05) is 47.5 Å². The lowest BCUT2D eigenvalue weighted by Gasteiger charge is -2.30. The molecule has 10 heteroatoms.